The Kier molecular flexibility index (Phi) is 4.70. The van der Waals surface area contributed by atoms with Crippen LogP contribution < -0.4 is 5.32 Å². The van der Waals surface area contributed by atoms with Crippen molar-refractivity contribution >= 4 is 34.3 Å². The van der Waals surface area contributed by atoms with Crippen LogP contribution in [0.2, 0.25) is 4.34 Å². The van der Waals surface area contributed by atoms with E-state index in [1.807, 2.05) is 30.6 Å². The summed E-state index contributed by atoms with van der Waals surface area (Å²) in [6, 6.07) is 12.8. The van der Waals surface area contributed by atoms with E-state index in [0.717, 1.165) is 4.34 Å². The Morgan fingerprint density at radius 3 is 2.52 bits per heavy atom. The van der Waals surface area contributed by atoms with E-state index in [4.69, 9.17) is 11.6 Å². The standard InChI is InChI=1S/C16H15ClN2S2/c1-11(12-6-8-18-9-7-12)19-16(13-3-2-10-20-13)14-4-5-15(17)21-14/h2-11,16,19H,1H3/t11-,16?/m0/s1. The molecular weight excluding hydrogens is 320 g/mol. The van der Waals surface area contributed by atoms with Crippen molar-refractivity contribution in [1.29, 1.82) is 0 Å². The average molecular weight is 335 g/mol. The van der Waals surface area contributed by atoms with Gasteiger partial charge in [-0.1, -0.05) is 17.7 Å². The fraction of sp³-hybridized carbons (Fsp3) is 0.188. The SMILES string of the molecule is C[C@H](NC(c1cccs1)c1ccc(Cl)s1)c1ccncc1. The predicted molar refractivity (Wildman–Crippen MR) is 91.3 cm³/mol. The van der Waals surface area contributed by atoms with E-state index in [0.29, 0.717) is 0 Å². The van der Waals surface area contributed by atoms with Crippen LogP contribution in [0, 0.1) is 0 Å². The van der Waals surface area contributed by atoms with Crippen LogP contribution in [-0.2, 0) is 0 Å². The average Bonchev–Trinajstić information content (AvgIpc) is 3.17. The highest BCUT2D eigenvalue weighted by atomic mass is 35.5. The summed E-state index contributed by atoms with van der Waals surface area (Å²) >= 11 is 9.49. The molecule has 0 aromatic carbocycles. The molecule has 3 aromatic rings. The van der Waals surface area contributed by atoms with Crippen molar-refractivity contribution in [2.24, 2.45) is 0 Å². The Bertz CT molecular complexity index is 679. The summed E-state index contributed by atoms with van der Waals surface area (Å²) in [6.45, 7) is 2.17. The largest absolute Gasteiger partial charge is 0.298 e. The maximum atomic E-state index is 6.11. The summed E-state index contributed by atoms with van der Waals surface area (Å²) in [5.74, 6) is 0. The number of thiophene rings is 2. The van der Waals surface area contributed by atoms with Gasteiger partial charge in [-0.2, -0.15) is 0 Å². The number of halogens is 1. The van der Waals surface area contributed by atoms with E-state index in [1.54, 1.807) is 22.7 Å². The molecule has 21 heavy (non-hydrogen) atoms. The van der Waals surface area contributed by atoms with Crippen molar-refractivity contribution in [2.45, 2.75) is 19.0 Å². The molecule has 2 nitrogen and oxygen atoms in total. The van der Waals surface area contributed by atoms with Crippen LogP contribution in [0.15, 0.2) is 54.2 Å². The molecule has 5 heteroatoms. The Labute approximate surface area is 137 Å². The molecule has 1 N–H and O–H groups in total. The third-order valence-corrected chi connectivity index (χ3v) is 5.56. The molecule has 0 bridgehead atoms. The lowest BCUT2D eigenvalue weighted by Crippen LogP contribution is -2.24. The van der Waals surface area contributed by atoms with Crippen LogP contribution in [0.3, 0.4) is 0 Å². The van der Waals surface area contributed by atoms with Crippen molar-refractivity contribution in [3.63, 3.8) is 0 Å². The first-order chi connectivity index (χ1) is 10.2. The summed E-state index contributed by atoms with van der Waals surface area (Å²) in [6.07, 6.45) is 3.66. The number of hydrogen-bond acceptors (Lipinski definition) is 4. The minimum atomic E-state index is 0.172. The van der Waals surface area contributed by atoms with Crippen LogP contribution in [0.25, 0.3) is 0 Å². The Hall–Kier alpha value is -1.20. The number of rotatable bonds is 5. The number of nitrogens with one attached hydrogen (secondary N) is 1. The first-order valence-corrected chi connectivity index (χ1v) is 8.76. The summed E-state index contributed by atoms with van der Waals surface area (Å²) in [7, 11) is 0. The second kappa shape index (κ2) is 6.71. The lowest BCUT2D eigenvalue weighted by molar-refractivity contribution is 0.526. The molecule has 3 rings (SSSR count). The van der Waals surface area contributed by atoms with Crippen LogP contribution in [0.1, 0.15) is 34.3 Å². The molecule has 1 unspecified atom stereocenters. The van der Waals surface area contributed by atoms with Gasteiger partial charge >= 0.3 is 0 Å². The molecule has 0 aliphatic rings. The van der Waals surface area contributed by atoms with Gasteiger partial charge in [-0.3, -0.25) is 10.3 Å². The van der Waals surface area contributed by atoms with E-state index in [1.165, 1.54) is 15.3 Å². The molecule has 0 saturated heterocycles. The molecule has 0 fully saturated rings. The Balaban J connectivity index is 1.86. The summed E-state index contributed by atoms with van der Waals surface area (Å²) in [5.41, 5.74) is 1.23. The number of nitrogens with zero attached hydrogens (tertiary/aromatic N) is 1. The second-order valence-electron chi connectivity index (χ2n) is 4.76. The number of pyridine rings is 1. The van der Waals surface area contributed by atoms with Gasteiger partial charge in [0.15, 0.2) is 0 Å². The number of aromatic nitrogens is 1. The van der Waals surface area contributed by atoms with Crippen molar-refractivity contribution < 1.29 is 0 Å². The van der Waals surface area contributed by atoms with Crippen LogP contribution >= 0.6 is 34.3 Å². The minimum Gasteiger partial charge on any atom is -0.298 e. The summed E-state index contributed by atoms with van der Waals surface area (Å²) < 4.78 is 0.824. The van der Waals surface area contributed by atoms with Crippen LogP contribution in [0.4, 0.5) is 0 Å². The summed E-state index contributed by atoms with van der Waals surface area (Å²) in [4.78, 5) is 6.62. The molecule has 0 aliphatic heterocycles. The van der Waals surface area contributed by atoms with Crippen molar-refractivity contribution in [3.8, 4) is 0 Å². The first kappa shape index (κ1) is 14.7. The van der Waals surface area contributed by atoms with Gasteiger partial charge in [0.1, 0.15) is 0 Å². The predicted octanol–water partition coefficient (Wildman–Crippen LogP) is 5.30. The Morgan fingerprint density at radius 2 is 1.90 bits per heavy atom. The van der Waals surface area contributed by atoms with E-state index in [2.05, 4.69) is 40.8 Å². The molecule has 0 spiro atoms. The van der Waals surface area contributed by atoms with Gasteiger partial charge in [0.2, 0.25) is 0 Å². The highest BCUT2D eigenvalue weighted by Crippen LogP contribution is 2.34. The third-order valence-electron chi connectivity index (χ3n) is 3.33. The zero-order valence-corrected chi connectivity index (χ0v) is 13.9. The van der Waals surface area contributed by atoms with E-state index < -0.39 is 0 Å². The first-order valence-electron chi connectivity index (χ1n) is 6.68. The zero-order valence-electron chi connectivity index (χ0n) is 11.5. The van der Waals surface area contributed by atoms with Crippen molar-refractivity contribution in [1.82, 2.24) is 10.3 Å². The summed E-state index contributed by atoms with van der Waals surface area (Å²) in [5, 5.41) is 5.81. The van der Waals surface area contributed by atoms with Gasteiger partial charge in [0.25, 0.3) is 0 Å². The van der Waals surface area contributed by atoms with Gasteiger partial charge in [0, 0.05) is 28.2 Å². The molecule has 3 aromatic heterocycles. The molecule has 0 radical (unpaired) electrons. The van der Waals surface area contributed by atoms with Gasteiger partial charge in [-0.15, -0.1) is 22.7 Å². The molecule has 3 heterocycles. The van der Waals surface area contributed by atoms with Gasteiger partial charge < -0.3 is 0 Å². The van der Waals surface area contributed by atoms with E-state index >= 15 is 0 Å². The lowest BCUT2D eigenvalue weighted by atomic mass is 10.1. The maximum absolute atomic E-state index is 6.11. The quantitative estimate of drug-likeness (QED) is 0.685. The normalized spacial score (nSPS) is 14.0. The maximum Gasteiger partial charge on any atom is 0.0931 e. The zero-order chi connectivity index (χ0) is 14.7. The highest BCUT2D eigenvalue weighted by Gasteiger charge is 2.20. The Morgan fingerprint density at radius 1 is 1.10 bits per heavy atom. The topological polar surface area (TPSA) is 24.9 Å². The lowest BCUT2D eigenvalue weighted by Gasteiger charge is -2.22. The van der Waals surface area contributed by atoms with Gasteiger partial charge in [-0.25, -0.2) is 0 Å². The van der Waals surface area contributed by atoms with Crippen molar-refractivity contribution in [3.05, 3.63) is 73.8 Å². The van der Waals surface area contributed by atoms with Crippen LogP contribution in [-0.4, -0.2) is 4.98 Å². The molecule has 2 atom stereocenters. The minimum absolute atomic E-state index is 0.172. The molecule has 0 aliphatic carbocycles. The molecule has 108 valence electrons. The van der Waals surface area contributed by atoms with E-state index in [9.17, 15) is 0 Å². The number of hydrogen-bond donors (Lipinski definition) is 1. The fourth-order valence-corrected chi connectivity index (χ4v) is 4.26. The second-order valence-corrected chi connectivity index (χ2v) is 7.49. The van der Waals surface area contributed by atoms with Gasteiger partial charge in [0.05, 0.1) is 10.4 Å². The van der Waals surface area contributed by atoms with E-state index in [-0.39, 0.29) is 12.1 Å². The smallest absolute Gasteiger partial charge is 0.0931 e. The molecular formula is C16H15ClN2S2. The molecule has 0 saturated carbocycles. The molecule has 0 amide bonds. The third kappa shape index (κ3) is 3.52. The van der Waals surface area contributed by atoms with Crippen molar-refractivity contribution in [2.75, 3.05) is 0 Å². The highest BCUT2D eigenvalue weighted by molar-refractivity contribution is 7.16. The fourth-order valence-electron chi connectivity index (χ4n) is 2.24. The monoisotopic (exact) mass is 334 g/mol. The van der Waals surface area contributed by atoms with Gasteiger partial charge in [-0.05, 0) is 48.2 Å². The van der Waals surface area contributed by atoms with Crippen LogP contribution in [0.5, 0.6) is 0 Å².